The number of aromatic nitrogens is 2. The van der Waals surface area contributed by atoms with E-state index in [4.69, 9.17) is 14.2 Å². The molecule has 6 nitrogen and oxygen atoms in total. The molecular weight excluding hydrogens is 224 g/mol. The fourth-order valence-electron chi connectivity index (χ4n) is 1.62. The van der Waals surface area contributed by atoms with E-state index >= 15 is 0 Å². The Balaban J connectivity index is 2.19. The lowest BCUT2D eigenvalue weighted by Gasteiger charge is -1.94. The van der Waals surface area contributed by atoms with Gasteiger partial charge in [0.25, 0.3) is 0 Å². The van der Waals surface area contributed by atoms with Gasteiger partial charge < -0.3 is 14.2 Å². The van der Waals surface area contributed by atoms with Gasteiger partial charge in [0.05, 0.1) is 11.6 Å². The molecular formula is C11H6N2O4. The molecule has 0 aliphatic rings. The van der Waals surface area contributed by atoms with Crippen LogP contribution >= 0.6 is 0 Å². The van der Waals surface area contributed by atoms with Crippen molar-refractivity contribution in [2.45, 2.75) is 0 Å². The molecule has 3 rings (SSSR count). The summed E-state index contributed by atoms with van der Waals surface area (Å²) in [6.07, 6.45) is 1.56. The zero-order valence-electron chi connectivity index (χ0n) is 8.45. The van der Waals surface area contributed by atoms with Crippen LogP contribution in [0.25, 0.3) is 22.2 Å². The molecule has 0 radical (unpaired) electrons. The van der Waals surface area contributed by atoms with Gasteiger partial charge >= 0.3 is 5.97 Å². The third-order valence-corrected chi connectivity index (χ3v) is 2.40. The lowest BCUT2D eigenvalue weighted by atomic mass is 10.1. The van der Waals surface area contributed by atoms with Crippen LogP contribution in [-0.4, -0.2) is 21.4 Å². The van der Waals surface area contributed by atoms with Crippen LogP contribution in [0, 0.1) is 0 Å². The summed E-state index contributed by atoms with van der Waals surface area (Å²) in [5.41, 5.74) is 1.78. The number of nitrogens with zero attached hydrogens (tertiary/aromatic N) is 2. The second kappa shape index (κ2) is 3.44. The molecule has 0 saturated heterocycles. The summed E-state index contributed by atoms with van der Waals surface area (Å²) in [4.78, 5) is 10.7. The zero-order chi connectivity index (χ0) is 11.8. The topological polar surface area (TPSA) is 89.4 Å². The predicted octanol–water partition coefficient (Wildman–Crippen LogP) is 2.18. The number of benzene rings is 1. The van der Waals surface area contributed by atoms with Crippen molar-refractivity contribution in [2.24, 2.45) is 0 Å². The Bertz CT molecular complexity index is 698. The van der Waals surface area contributed by atoms with Crippen LogP contribution in [-0.2, 0) is 0 Å². The van der Waals surface area contributed by atoms with Crippen LogP contribution in [0.5, 0.6) is 0 Å². The van der Waals surface area contributed by atoms with E-state index in [1.165, 1.54) is 6.07 Å². The molecule has 0 spiro atoms. The van der Waals surface area contributed by atoms with E-state index in [-0.39, 0.29) is 5.76 Å². The highest BCUT2D eigenvalue weighted by atomic mass is 16.5. The molecule has 0 amide bonds. The van der Waals surface area contributed by atoms with Crippen LogP contribution in [0.1, 0.15) is 10.6 Å². The first-order chi connectivity index (χ1) is 8.25. The van der Waals surface area contributed by atoms with E-state index < -0.39 is 5.97 Å². The first-order valence-corrected chi connectivity index (χ1v) is 4.79. The molecule has 0 atom stereocenters. The molecule has 2 aromatic heterocycles. The molecule has 0 bridgehead atoms. The van der Waals surface area contributed by atoms with Crippen LogP contribution in [0.4, 0.5) is 0 Å². The number of carboxylic acid groups (broad SMARTS) is 1. The summed E-state index contributed by atoms with van der Waals surface area (Å²) in [6.45, 7) is 0. The van der Waals surface area contributed by atoms with Crippen molar-refractivity contribution in [1.82, 2.24) is 10.3 Å². The van der Waals surface area contributed by atoms with E-state index in [0.29, 0.717) is 11.3 Å². The van der Waals surface area contributed by atoms with Crippen LogP contribution in [0.2, 0.25) is 0 Å². The second-order valence-corrected chi connectivity index (χ2v) is 3.42. The third kappa shape index (κ3) is 1.46. The highest BCUT2D eigenvalue weighted by molar-refractivity contribution is 5.93. The largest absolute Gasteiger partial charge is 0.475 e. The summed E-state index contributed by atoms with van der Waals surface area (Å²) < 4.78 is 9.71. The Hall–Kier alpha value is -2.63. The van der Waals surface area contributed by atoms with Crippen molar-refractivity contribution in [3.8, 4) is 11.3 Å². The minimum Gasteiger partial charge on any atom is -0.475 e. The van der Waals surface area contributed by atoms with Gasteiger partial charge in [-0.3, -0.25) is 0 Å². The minimum atomic E-state index is -1.15. The summed E-state index contributed by atoms with van der Waals surface area (Å²) in [5, 5.41) is 16.9. The predicted molar refractivity (Wildman–Crippen MR) is 56.5 cm³/mol. The van der Waals surface area contributed by atoms with E-state index in [2.05, 4.69) is 10.3 Å². The van der Waals surface area contributed by atoms with E-state index in [9.17, 15) is 4.79 Å². The Kier molecular flexibility index (Phi) is 1.94. The highest BCUT2D eigenvalue weighted by Gasteiger charge is 2.15. The van der Waals surface area contributed by atoms with Gasteiger partial charge in [-0.1, -0.05) is 22.4 Å². The molecule has 0 fully saturated rings. The van der Waals surface area contributed by atoms with Gasteiger partial charge in [-0.15, -0.1) is 0 Å². The average Bonchev–Trinajstić information content (AvgIpc) is 2.97. The molecule has 84 valence electrons. The van der Waals surface area contributed by atoms with E-state index in [0.717, 1.165) is 10.9 Å². The maximum atomic E-state index is 10.7. The van der Waals surface area contributed by atoms with Crippen molar-refractivity contribution in [2.75, 3.05) is 0 Å². The maximum Gasteiger partial charge on any atom is 0.374 e. The lowest BCUT2D eigenvalue weighted by Crippen LogP contribution is -1.91. The number of hydrogen-bond donors (Lipinski definition) is 1. The van der Waals surface area contributed by atoms with E-state index in [1.54, 1.807) is 24.4 Å². The average molecular weight is 230 g/mol. The van der Waals surface area contributed by atoms with E-state index in [1.807, 2.05) is 0 Å². The molecule has 0 aliphatic carbocycles. The number of aromatic carboxylic acids is 1. The smallest absolute Gasteiger partial charge is 0.374 e. The van der Waals surface area contributed by atoms with Gasteiger partial charge in [-0.05, 0) is 6.07 Å². The van der Waals surface area contributed by atoms with Gasteiger partial charge in [0, 0.05) is 11.6 Å². The normalized spacial score (nSPS) is 10.8. The summed E-state index contributed by atoms with van der Waals surface area (Å²) in [5.74, 6) is -1.35. The van der Waals surface area contributed by atoms with Crippen molar-refractivity contribution in [3.05, 3.63) is 36.2 Å². The molecule has 1 aromatic carbocycles. The van der Waals surface area contributed by atoms with Crippen molar-refractivity contribution < 1.29 is 18.9 Å². The first kappa shape index (κ1) is 9.59. The number of hydrogen-bond acceptors (Lipinski definition) is 5. The van der Waals surface area contributed by atoms with Gasteiger partial charge in [0.1, 0.15) is 5.69 Å². The Morgan fingerprint density at radius 3 is 2.94 bits per heavy atom. The molecule has 0 saturated carbocycles. The second-order valence-electron chi connectivity index (χ2n) is 3.42. The first-order valence-electron chi connectivity index (χ1n) is 4.79. The Labute approximate surface area is 94.4 Å². The molecule has 17 heavy (non-hydrogen) atoms. The monoisotopic (exact) mass is 230 g/mol. The van der Waals surface area contributed by atoms with Crippen molar-refractivity contribution in [3.63, 3.8) is 0 Å². The summed E-state index contributed by atoms with van der Waals surface area (Å²) in [7, 11) is 0. The molecule has 6 heteroatoms. The van der Waals surface area contributed by atoms with Crippen LogP contribution < -0.4 is 0 Å². The SMILES string of the molecule is O=C(O)c1cc(-c2cccc3oncc23)no1. The van der Waals surface area contributed by atoms with Gasteiger partial charge in [-0.25, -0.2) is 4.79 Å². The number of rotatable bonds is 2. The van der Waals surface area contributed by atoms with Gasteiger partial charge in [0.2, 0.25) is 5.76 Å². The summed E-state index contributed by atoms with van der Waals surface area (Å²) >= 11 is 0. The number of carboxylic acids is 1. The molecule has 1 N–H and O–H groups in total. The van der Waals surface area contributed by atoms with Crippen molar-refractivity contribution in [1.29, 1.82) is 0 Å². The van der Waals surface area contributed by atoms with Crippen molar-refractivity contribution >= 4 is 16.9 Å². The molecule has 0 unspecified atom stereocenters. The Morgan fingerprint density at radius 1 is 1.29 bits per heavy atom. The fourth-order valence-corrected chi connectivity index (χ4v) is 1.62. The molecule has 3 aromatic rings. The fraction of sp³-hybridized carbons (Fsp3) is 0. The van der Waals surface area contributed by atoms with Gasteiger partial charge in [-0.2, -0.15) is 0 Å². The molecule has 0 aliphatic heterocycles. The third-order valence-electron chi connectivity index (χ3n) is 2.40. The van der Waals surface area contributed by atoms with Crippen LogP contribution in [0.3, 0.4) is 0 Å². The Morgan fingerprint density at radius 2 is 2.18 bits per heavy atom. The lowest BCUT2D eigenvalue weighted by molar-refractivity contribution is 0.0652. The zero-order valence-corrected chi connectivity index (χ0v) is 8.45. The maximum absolute atomic E-state index is 10.7. The summed E-state index contributed by atoms with van der Waals surface area (Å²) in [6, 6.07) is 6.70. The van der Waals surface area contributed by atoms with Gasteiger partial charge in [0.15, 0.2) is 5.58 Å². The minimum absolute atomic E-state index is 0.201. The van der Waals surface area contributed by atoms with Crippen LogP contribution in [0.15, 0.2) is 39.5 Å². The number of carbonyl (C=O) groups is 1. The molecule has 2 heterocycles. The highest BCUT2D eigenvalue weighted by Crippen LogP contribution is 2.27. The quantitative estimate of drug-likeness (QED) is 0.725. The standard InChI is InChI=1S/C11H6N2O4/c14-11(15)10-4-8(13-17-10)6-2-1-3-9-7(6)5-12-16-9/h1-5H,(H,14,15). The number of fused-ring (bicyclic) bond motifs is 1.